The van der Waals surface area contributed by atoms with Gasteiger partial charge in [-0.15, -0.1) is 10.2 Å². The van der Waals surface area contributed by atoms with Crippen LogP contribution in [0.1, 0.15) is 18.9 Å². The van der Waals surface area contributed by atoms with Crippen molar-refractivity contribution >= 4 is 16.5 Å². The Balaban J connectivity index is 2.28. The Hall–Kier alpha value is -0.720. The third-order valence-electron chi connectivity index (χ3n) is 2.02. The van der Waals surface area contributed by atoms with E-state index in [1.165, 1.54) is 0 Å². The smallest absolute Gasteiger partial charge is 0.205 e. The summed E-state index contributed by atoms with van der Waals surface area (Å²) in [5, 5.41) is 13.3. The predicted octanol–water partition coefficient (Wildman–Crippen LogP) is 1.44. The highest BCUT2D eigenvalue weighted by Gasteiger charge is 2.06. The molecule has 0 amide bonds. The molecule has 1 aromatic heterocycles. The van der Waals surface area contributed by atoms with Crippen LogP contribution in [0.5, 0.6) is 0 Å². The van der Waals surface area contributed by atoms with Crippen molar-refractivity contribution in [3.8, 4) is 0 Å². The van der Waals surface area contributed by atoms with Gasteiger partial charge in [0.05, 0.1) is 13.2 Å². The summed E-state index contributed by atoms with van der Waals surface area (Å²) in [4.78, 5) is 2.19. The number of ether oxygens (including phenoxy) is 1. The van der Waals surface area contributed by atoms with E-state index in [2.05, 4.69) is 34.4 Å². The van der Waals surface area contributed by atoms with E-state index < -0.39 is 0 Å². The molecule has 0 fully saturated rings. The van der Waals surface area contributed by atoms with Crippen molar-refractivity contribution in [2.45, 2.75) is 20.4 Å². The zero-order valence-corrected chi connectivity index (χ0v) is 11.0. The van der Waals surface area contributed by atoms with Crippen LogP contribution in [0.3, 0.4) is 0 Å². The quantitative estimate of drug-likeness (QED) is 0.701. The van der Waals surface area contributed by atoms with Gasteiger partial charge in [-0.1, -0.05) is 11.3 Å². The van der Waals surface area contributed by atoms with Gasteiger partial charge in [-0.25, -0.2) is 0 Å². The summed E-state index contributed by atoms with van der Waals surface area (Å²) in [6.45, 7) is 8.24. The molecule has 0 radical (unpaired) electrons. The molecular formula is C10H20N4OS. The van der Waals surface area contributed by atoms with Crippen molar-refractivity contribution in [3.05, 3.63) is 5.01 Å². The van der Waals surface area contributed by atoms with Crippen molar-refractivity contribution in [2.24, 2.45) is 0 Å². The normalized spacial score (nSPS) is 11.0. The first kappa shape index (κ1) is 13.3. The molecule has 16 heavy (non-hydrogen) atoms. The standard InChI is InChI=1S/C10H20N4OS/c1-4-11-10-13-12-9(16-10)8-14(3)6-7-15-5-2/h4-8H2,1-3H3,(H,11,13). The number of nitrogens with zero attached hydrogens (tertiary/aromatic N) is 3. The van der Waals surface area contributed by atoms with E-state index in [0.717, 1.165) is 43.0 Å². The van der Waals surface area contributed by atoms with Crippen LogP contribution in [0.25, 0.3) is 0 Å². The van der Waals surface area contributed by atoms with Crippen molar-refractivity contribution < 1.29 is 4.74 Å². The first-order valence-electron chi connectivity index (χ1n) is 5.58. The Morgan fingerprint density at radius 3 is 2.88 bits per heavy atom. The lowest BCUT2D eigenvalue weighted by Crippen LogP contribution is -2.22. The average Bonchev–Trinajstić information content (AvgIpc) is 2.66. The highest BCUT2D eigenvalue weighted by atomic mass is 32.1. The molecule has 5 nitrogen and oxygen atoms in total. The Labute approximate surface area is 101 Å². The fourth-order valence-electron chi connectivity index (χ4n) is 1.21. The molecule has 0 atom stereocenters. The Kier molecular flexibility index (Phi) is 6.29. The molecule has 92 valence electrons. The first-order valence-corrected chi connectivity index (χ1v) is 6.40. The average molecular weight is 244 g/mol. The van der Waals surface area contributed by atoms with Crippen LogP contribution in [0, 0.1) is 0 Å². The Morgan fingerprint density at radius 1 is 1.38 bits per heavy atom. The summed E-state index contributed by atoms with van der Waals surface area (Å²) in [6, 6.07) is 0. The Bertz CT molecular complexity index is 292. The molecular weight excluding hydrogens is 224 g/mol. The molecule has 0 saturated heterocycles. The molecule has 1 rings (SSSR count). The van der Waals surface area contributed by atoms with Crippen molar-refractivity contribution in [2.75, 3.05) is 38.7 Å². The maximum absolute atomic E-state index is 5.30. The molecule has 6 heteroatoms. The summed E-state index contributed by atoms with van der Waals surface area (Å²) < 4.78 is 5.30. The molecule has 1 N–H and O–H groups in total. The molecule has 0 saturated carbocycles. The van der Waals surface area contributed by atoms with E-state index in [1.807, 2.05) is 6.92 Å². The first-order chi connectivity index (χ1) is 7.76. The van der Waals surface area contributed by atoms with Crippen molar-refractivity contribution in [1.29, 1.82) is 0 Å². The maximum Gasteiger partial charge on any atom is 0.205 e. The molecule has 0 aliphatic heterocycles. The van der Waals surface area contributed by atoms with Gasteiger partial charge >= 0.3 is 0 Å². The maximum atomic E-state index is 5.30. The number of aromatic nitrogens is 2. The van der Waals surface area contributed by atoms with Gasteiger partial charge in [0.25, 0.3) is 0 Å². The fourth-order valence-corrected chi connectivity index (χ4v) is 2.10. The van der Waals surface area contributed by atoms with Gasteiger partial charge < -0.3 is 10.1 Å². The van der Waals surface area contributed by atoms with Gasteiger partial charge in [-0.2, -0.15) is 0 Å². The SMILES string of the molecule is CCNc1nnc(CN(C)CCOCC)s1. The van der Waals surface area contributed by atoms with Crippen LogP contribution in [-0.4, -0.2) is 48.4 Å². The second-order valence-electron chi connectivity index (χ2n) is 3.47. The monoisotopic (exact) mass is 244 g/mol. The van der Waals surface area contributed by atoms with Crippen molar-refractivity contribution in [3.63, 3.8) is 0 Å². The summed E-state index contributed by atoms with van der Waals surface area (Å²) >= 11 is 1.61. The molecule has 0 bridgehead atoms. The molecule has 0 aromatic carbocycles. The highest BCUT2D eigenvalue weighted by Crippen LogP contribution is 2.15. The lowest BCUT2D eigenvalue weighted by molar-refractivity contribution is 0.120. The minimum absolute atomic E-state index is 0.770. The van der Waals surface area contributed by atoms with Crippen LogP contribution >= 0.6 is 11.3 Å². The van der Waals surface area contributed by atoms with Crippen LogP contribution < -0.4 is 5.32 Å². The summed E-state index contributed by atoms with van der Waals surface area (Å²) in [5.41, 5.74) is 0. The van der Waals surface area contributed by atoms with Crippen LogP contribution in [0.4, 0.5) is 5.13 Å². The van der Waals surface area contributed by atoms with Gasteiger partial charge in [0.2, 0.25) is 5.13 Å². The zero-order chi connectivity index (χ0) is 11.8. The molecule has 0 aliphatic carbocycles. The topological polar surface area (TPSA) is 50.3 Å². The number of rotatable bonds is 8. The minimum atomic E-state index is 0.770. The summed E-state index contributed by atoms with van der Waals surface area (Å²) in [5.74, 6) is 0. The second-order valence-corrected chi connectivity index (χ2v) is 4.53. The van der Waals surface area contributed by atoms with E-state index in [4.69, 9.17) is 4.74 Å². The second kappa shape index (κ2) is 7.54. The highest BCUT2D eigenvalue weighted by molar-refractivity contribution is 7.15. The van der Waals surface area contributed by atoms with E-state index in [-0.39, 0.29) is 0 Å². The number of nitrogens with one attached hydrogen (secondary N) is 1. The third-order valence-corrected chi connectivity index (χ3v) is 2.89. The van der Waals surface area contributed by atoms with Gasteiger partial charge in [0.15, 0.2) is 0 Å². The molecule has 1 heterocycles. The van der Waals surface area contributed by atoms with E-state index in [0.29, 0.717) is 0 Å². The van der Waals surface area contributed by atoms with Crippen LogP contribution in [0.2, 0.25) is 0 Å². The minimum Gasteiger partial charge on any atom is -0.380 e. The van der Waals surface area contributed by atoms with Gasteiger partial charge in [0, 0.05) is 19.7 Å². The van der Waals surface area contributed by atoms with Gasteiger partial charge in [-0.3, -0.25) is 4.90 Å². The lowest BCUT2D eigenvalue weighted by atomic mass is 10.5. The third kappa shape index (κ3) is 4.87. The fraction of sp³-hybridized carbons (Fsp3) is 0.800. The number of likely N-dealkylation sites (N-methyl/N-ethyl adjacent to an activating group) is 1. The molecule has 1 aromatic rings. The predicted molar refractivity (Wildman–Crippen MR) is 66.9 cm³/mol. The molecule has 0 spiro atoms. The van der Waals surface area contributed by atoms with Crippen LogP contribution in [0.15, 0.2) is 0 Å². The lowest BCUT2D eigenvalue weighted by Gasteiger charge is -2.13. The largest absolute Gasteiger partial charge is 0.380 e. The van der Waals surface area contributed by atoms with Crippen LogP contribution in [-0.2, 0) is 11.3 Å². The molecule has 0 aliphatic rings. The van der Waals surface area contributed by atoms with E-state index in [1.54, 1.807) is 11.3 Å². The summed E-state index contributed by atoms with van der Waals surface area (Å²) in [6.07, 6.45) is 0. The van der Waals surface area contributed by atoms with Crippen molar-refractivity contribution in [1.82, 2.24) is 15.1 Å². The van der Waals surface area contributed by atoms with E-state index >= 15 is 0 Å². The number of anilines is 1. The van der Waals surface area contributed by atoms with Gasteiger partial charge in [0.1, 0.15) is 5.01 Å². The van der Waals surface area contributed by atoms with E-state index in [9.17, 15) is 0 Å². The zero-order valence-electron chi connectivity index (χ0n) is 10.2. The van der Waals surface area contributed by atoms with Gasteiger partial charge in [-0.05, 0) is 20.9 Å². The number of hydrogen-bond acceptors (Lipinski definition) is 6. The number of hydrogen-bond donors (Lipinski definition) is 1. The summed E-state index contributed by atoms with van der Waals surface area (Å²) in [7, 11) is 2.06. The molecule has 0 unspecified atom stereocenters. The Morgan fingerprint density at radius 2 is 2.19 bits per heavy atom.